The number of aryl methyl sites for hydroxylation is 1. The normalized spacial score (nSPS) is 18.6. The smallest absolute Gasteiger partial charge is 0.410 e. The summed E-state index contributed by atoms with van der Waals surface area (Å²) in [5.41, 5.74) is 1.62. The molecule has 2 aromatic rings. The zero-order chi connectivity index (χ0) is 29.2. The van der Waals surface area contributed by atoms with Gasteiger partial charge in [-0.3, -0.25) is 9.69 Å². The Morgan fingerprint density at radius 3 is 2.40 bits per heavy atom. The molecular formula is C29H39N5O6. The molecule has 2 heterocycles. The van der Waals surface area contributed by atoms with Crippen molar-refractivity contribution in [3.63, 3.8) is 0 Å². The zero-order valence-electron chi connectivity index (χ0n) is 24.1. The summed E-state index contributed by atoms with van der Waals surface area (Å²) in [4.78, 5) is 41.1. The van der Waals surface area contributed by atoms with Gasteiger partial charge >= 0.3 is 12.1 Å². The fourth-order valence-corrected chi connectivity index (χ4v) is 4.81. The molecule has 2 N–H and O–H groups in total. The number of aromatic carboxylic acids is 1. The molecule has 0 spiro atoms. The van der Waals surface area contributed by atoms with Crippen LogP contribution in [0.5, 0.6) is 5.75 Å². The van der Waals surface area contributed by atoms with Crippen molar-refractivity contribution in [2.24, 2.45) is 0 Å². The molecule has 2 aliphatic rings. The third kappa shape index (κ3) is 7.07. The molecule has 1 unspecified atom stereocenters. The molecule has 1 aliphatic carbocycles. The number of carboxylic acids is 1. The van der Waals surface area contributed by atoms with Gasteiger partial charge in [-0.2, -0.15) is 10.2 Å². The lowest BCUT2D eigenvalue weighted by atomic mass is 10.0. The molecule has 2 fully saturated rings. The first-order valence-electron chi connectivity index (χ1n) is 13.7. The second kappa shape index (κ2) is 11.8. The molecule has 216 valence electrons. The standard InChI is InChI=1S/C29H39N5O6/c1-17-13-24(21(26(35)30-6)14-20(17)27(36)37)39-25(23-10-9-22(31-32-23)19-7-8-19)16-33-11-12-34(18(2)15-33)28(38)40-29(3,4)5/h9-10,13-14,18-19,25H,7-8,11-12,15-16H2,1-6H3,(H,30,35)(H,36,37)/t18-,25?/m1/s1. The first-order valence-corrected chi connectivity index (χ1v) is 13.7. The van der Waals surface area contributed by atoms with E-state index < -0.39 is 23.6 Å². The minimum Gasteiger partial charge on any atom is -0.482 e. The number of carbonyl (C=O) groups excluding carboxylic acids is 2. The minimum atomic E-state index is -1.12. The number of carboxylic acid groups (broad SMARTS) is 1. The number of ether oxygens (including phenoxy) is 2. The van der Waals surface area contributed by atoms with E-state index in [1.807, 2.05) is 39.8 Å². The zero-order valence-corrected chi connectivity index (χ0v) is 24.1. The third-order valence-electron chi connectivity index (χ3n) is 7.09. The number of benzene rings is 1. The van der Waals surface area contributed by atoms with Gasteiger partial charge in [0.25, 0.3) is 5.91 Å². The average molecular weight is 554 g/mol. The summed E-state index contributed by atoms with van der Waals surface area (Å²) in [5, 5.41) is 21.1. The van der Waals surface area contributed by atoms with E-state index in [1.165, 1.54) is 13.1 Å². The lowest BCUT2D eigenvalue weighted by Crippen LogP contribution is -2.55. The Labute approximate surface area is 234 Å². The predicted octanol–water partition coefficient (Wildman–Crippen LogP) is 3.78. The van der Waals surface area contributed by atoms with Crippen LogP contribution in [0.3, 0.4) is 0 Å². The van der Waals surface area contributed by atoms with E-state index in [2.05, 4.69) is 20.4 Å². The molecule has 11 nitrogen and oxygen atoms in total. The highest BCUT2D eigenvalue weighted by Crippen LogP contribution is 2.39. The molecule has 1 saturated carbocycles. The number of piperazine rings is 1. The topological polar surface area (TPSA) is 134 Å². The summed E-state index contributed by atoms with van der Waals surface area (Å²) < 4.78 is 12.0. The molecule has 2 amide bonds. The first-order chi connectivity index (χ1) is 18.9. The summed E-state index contributed by atoms with van der Waals surface area (Å²) >= 11 is 0. The maximum absolute atomic E-state index is 12.7. The van der Waals surface area contributed by atoms with Gasteiger partial charge in [-0.15, -0.1) is 0 Å². The van der Waals surface area contributed by atoms with E-state index in [0.717, 1.165) is 18.5 Å². The van der Waals surface area contributed by atoms with E-state index in [4.69, 9.17) is 9.47 Å². The van der Waals surface area contributed by atoms with Crippen molar-refractivity contribution in [1.29, 1.82) is 0 Å². The van der Waals surface area contributed by atoms with Gasteiger partial charge in [0.05, 0.1) is 16.8 Å². The van der Waals surface area contributed by atoms with Gasteiger partial charge in [-0.1, -0.05) is 0 Å². The monoisotopic (exact) mass is 553 g/mol. The van der Waals surface area contributed by atoms with Gasteiger partial charge in [0.15, 0.2) is 6.10 Å². The minimum absolute atomic E-state index is 0.0307. The fourth-order valence-electron chi connectivity index (χ4n) is 4.81. The second-order valence-electron chi connectivity index (χ2n) is 11.6. The molecule has 40 heavy (non-hydrogen) atoms. The molecular weight excluding hydrogens is 514 g/mol. The SMILES string of the molecule is CNC(=O)c1cc(C(=O)O)c(C)cc1OC(CN1CCN(C(=O)OC(C)(C)C)[C@H](C)C1)c1ccc(C2CC2)nn1. The number of nitrogens with zero attached hydrogens (tertiary/aromatic N) is 4. The average Bonchev–Trinajstić information content (AvgIpc) is 3.72. The van der Waals surface area contributed by atoms with Crippen LogP contribution in [-0.2, 0) is 4.74 Å². The van der Waals surface area contributed by atoms with E-state index in [-0.39, 0.29) is 29.0 Å². The summed E-state index contributed by atoms with van der Waals surface area (Å²) in [6.45, 7) is 11.3. The van der Waals surface area contributed by atoms with Gasteiger partial charge in [0.2, 0.25) is 0 Å². The van der Waals surface area contributed by atoms with Crippen LogP contribution < -0.4 is 10.1 Å². The summed E-state index contributed by atoms with van der Waals surface area (Å²) in [5.74, 6) is -0.857. The predicted molar refractivity (Wildman–Crippen MR) is 148 cm³/mol. The van der Waals surface area contributed by atoms with Gasteiger partial charge in [-0.05, 0) is 77.3 Å². The molecule has 4 rings (SSSR count). The molecule has 0 bridgehead atoms. The Morgan fingerprint density at radius 1 is 1.12 bits per heavy atom. The van der Waals surface area contributed by atoms with Crippen molar-refractivity contribution in [2.75, 3.05) is 33.2 Å². The Morgan fingerprint density at radius 2 is 1.85 bits per heavy atom. The summed E-state index contributed by atoms with van der Waals surface area (Å²) in [6.07, 6.45) is 1.29. The largest absolute Gasteiger partial charge is 0.482 e. The van der Waals surface area contributed by atoms with Gasteiger partial charge in [-0.25, -0.2) is 9.59 Å². The van der Waals surface area contributed by atoms with E-state index >= 15 is 0 Å². The molecule has 1 saturated heterocycles. The lowest BCUT2D eigenvalue weighted by molar-refractivity contribution is -0.00320. The van der Waals surface area contributed by atoms with Gasteiger partial charge < -0.3 is 24.8 Å². The Balaban J connectivity index is 1.59. The van der Waals surface area contributed by atoms with Crippen LogP contribution in [-0.4, -0.2) is 87.9 Å². The molecule has 11 heteroatoms. The fraction of sp³-hybridized carbons (Fsp3) is 0.552. The van der Waals surface area contributed by atoms with Crippen molar-refractivity contribution < 1.29 is 29.0 Å². The van der Waals surface area contributed by atoms with Crippen LogP contribution in [0, 0.1) is 6.92 Å². The van der Waals surface area contributed by atoms with Crippen LogP contribution in [0.15, 0.2) is 24.3 Å². The van der Waals surface area contributed by atoms with E-state index in [0.29, 0.717) is 43.4 Å². The van der Waals surface area contributed by atoms with E-state index in [1.54, 1.807) is 17.9 Å². The highest BCUT2D eigenvalue weighted by Gasteiger charge is 2.33. The number of rotatable bonds is 8. The molecule has 2 atom stereocenters. The summed E-state index contributed by atoms with van der Waals surface area (Å²) in [7, 11) is 1.48. The van der Waals surface area contributed by atoms with Crippen LogP contribution in [0.4, 0.5) is 4.79 Å². The van der Waals surface area contributed by atoms with Crippen molar-refractivity contribution in [1.82, 2.24) is 25.3 Å². The molecule has 1 aromatic carbocycles. The number of amides is 2. The second-order valence-corrected chi connectivity index (χ2v) is 11.6. The van der Waals surface area contributed by atoms with Crippen LogP contribution in [0.1, 0.15) is 90.2 Å². The maximum atomic E-state index is 12.7. The highest BCUT2D eigenvalue weighted by atomic mass is 16.6. The molecule has 1 aromatic heterocycles. The number of hydrogen-bond donors (Lipinski definition) is 2. The van der Waals surface area contributed by atoms with Crippen molar-refractivity contribution in [3.05, 3.63) is 52.3 Å². The number of hydrogen-bond acceptors (Lipinski definition) is 8. The molecule has 1 aliphatic heterocycles. The van der Waals surface area contributed by atoms with Gasteiger partial charge in [0.1, 0.15) is 17.0 Å². The van der Waals surface area contributed by atoms with Crippen molar-refractivity contribution in [2.45, 2.75) is 71.1 Å². The number of aromatic nitrogens is 2. The Kier molecular flexibility index (Phi) is 8.62. The Hall–Kier alpha value is -3.73. The summed E-state index contributed by atoms with van der Waals surface area (Å²) in [6, 6.07) is 6.70. The number of carbonyl (C=O) groups is 3. The quantitative estimate of drug-likeness (QED) is 0.501. The van der Waals surface area contributed by atoms with Crippen molar-refractivity contribution in [3.8, 4) is 5.75 Å². The van der Waals surface area contributed by atoms with Crippen LogP contribution in [0.25, 0.3) is 0 Å². The Bertz CT molecular complexity index is 1250. The highest BCUT2D eigenvalue weighted by molar-refractivity contribution is 6.00. The lowest BCUT2D eigenvalue weighted by Gasteiger charge is -2.41. The molecule has 0 radical (unpaired) electrons. The number of nitrogens with one attached hydrogen (secondary N) is 1. The van der Waals surface area contributed by atoms with Crippen LogP contribution >= 0.6 is 0 Å². The van der Waals surface area contributed by atoms with Crippen LogP contribution in [0.2, 0.25) is 0 Å². The third-order valence-corrected chi connectivity index (χ3v) is 7.09. The van der Waals surface area contributed by atoms with E-state index in [9.17, 15) is 19.5 Å². The maximum Gasteiger partial charge on any atom is 0.410 e. The first kappa shape index (κ1) is 29.3. The van der Waals surface area contributed by atoms with Crippen molar-refractivity contribution >= 4 is 18.0 Å². The van der Waals surface area contributed by atoms with Gasteiger partial charge in [0, 0.05) is 45.2 Å².